The van der Waals surface area contributed by atoms with Crippen LogP contribution in [0.4, 0.5) is 30.4 Å². The quantitative estimate of drug-likeness (QED) is 0.470. The van der Waals surface area contributed by atoms with Crippen molar-refractivity contribution in [1.82, 2.24) is 15.3 Å². The molecule has 162 valence electrons. The van der Waals surface area contributed by atoms with E-state index < -0.39 is 16.7 Å². The number of aromatic nitrogens is 2. The number of benzene rings is 2. The van der Waals surface area contributed by atoms with Gasteiger partial charge in [-0.3, -0.25) is 10.1 Å². The van der Waals surface area contributed by atoms with Gasteiger partial charge in [0.05, 0.1) is 16.0 Å². The average Bonchev–Trinajstić information content (AvgIpc) is 2.77. The zero-order valence-corrected chi connectivity index (χ0v) is 16.3. The molecule has 1 fully saturated rings. The van der Waals surface area contributed by atoms with Crippen molar-refractivity contribution in [1.29, 1.82) is 0 Å². The summed E-state index contributed by atoms with van der Waals surface area (Å²) in [5.41, 5.74) is 0.906. The van der Waals surface area contributed by atoms with Crippen molar-refractivity contribution in [3.8, 4) is 0 Å². The van der Waals surface area contributed by atoms with E-state index in [1.807, 2.05) is 4.90 Å². The lowest BCUT2D eigenvalue weighted by atomic mass is 10.1. The maximum atomic E-state index is 12.7. The zero-order valence-electron chi connectivity index (χ0n) is 16.3. The van der Waals surface area contributed by atoms with E-state index >= 15 is 0 Å². The topological polar surface area (TPSA) is 96.2 Å². The van der Waals surface area contributed by atoms with Crippen LogP contribution in [-0.2, 0) is 12.7 Å². The molecule has 4 rings (SSSR count). The van der Waals surface area contributed by atoms with Gasteiger partial charge in [-0.15, -0.1) is 0 Å². The highest BCUT2D eigenvalue weighted by Gasteiger charge is 2.30. The van der Waals surface area contributed by atoms with E-state index in [-0.39, 0.29) is 12.2 Å². The van der Waals surface area contributed by atoms with Gasteiger partial charge < -0.3 is 15.5 Å². The first-order valence-electron chi connectivity index (χ1n) is 9.62. The van der Waals surface area contributed by atoms with Crippen LogP contribution in [0.15, 0.2) is 42.7 Å². The van der Waals surface area contributed by atoms with Crippen LogP contribution in [0.25, 0.3) is 10.9 Å². The molecule has 0 saturated carbocycles. The maximum Gasteiger partial charge on any atom is 0.416 e. The second-order valence-electron chi connectivity index (χ2n) is 7.12. The smallest absolute Gasteiger partial charge is 0.365 e. The molecule has 1 aromatic heterocycles. The van der Waals surface area contributed by atoms with Crippen molar-refractivity contribution < 1.29 is 18.1 Å². The molecule has 0 atom stereocenters. The van der Waals surface area contributed by atoms with E-state index in [1.165, 1.54) is 24.5 Å². The summed E-state index contributed by atoms with van der Waals surface area (Å²) < 4.78 is 38.2. The fraction of sp³-hybridized carbons (Fsp3) is 0.300. The van der Waals surface area contributed by atoms with Crippen LogP contribution in [0.3, 0.4) is 0 Å². The number of hydrogen-bond acceptors (Lipinski definition) is 7. The van der Waals surface area contributed by atoms with E-state index in [9.17, 15) is 23.3 Å². The SMILES string of the molecule is O=[N+]([O-])c1cc2c(NCc3ccc(C(F)(F)F)cc3)ncnc2cc1N1CCNCC1. The van der Waals surface area contributed by atoms with E-state index in [1.54, 1.807) is 6.07 Å². The Morgan fingerprint density at radius 2 is 1.84 bits per heavy atom. The summed E-state index contributed by atoms with van der Waals surface area (Å²) in [5.74, 6) is 0.375. The van der Waals surface area contributed by atoms with Crippen LogP contribution in [0.5, 0.6) is 0 Å². The number of nitro benzene ring substituents is 1. The summed E-state index contributed by atoms with van der Waals surface area (Å²) in [6.45, 7) is 2.97. The van der Waals surface area contributed by atoms with Gasteiger partial charge in [0.1, 0.15) is 17.8 Å². The van der Waals surface area contributed by atoms with Gasteiger partial charge in [-0.05, 0) is 23.8 Å². The number of hydrogen-bond donors (Lipinski definition) is 2. The minimum absolute atomic E-state index is 0.0400. The lowest BCUT2D eigenvalue weighted by Gasteiger charge is -2.29. The van der Waals surface area contributed by atoms with Crippen molar-refractivity contribution >= 4 is 28.1 Å². The molecule has 31 heavy (non-hydrogen) atoms. The van der Waals surface area contributed by atoms with Gasteiger partial charge in [0.2, 0.25) is 0 Å². The molecule has 8 nitrogen and oxygen atoms in total. The summed E-state index contributed by atoms with van der Waals surface area (Å²) in [6, 6.07) is 7.92. The molecule has 0 bridgehead atoms. The molecule has 2 heterocycles. The molecule has 2 N–H and O–H groups in total. The van der Waals surface area contributed by atoms with Crippen molar-refractivity contribution in [3.63, 3.8) is 0 Å². The predicted octanol–water partition coefficient (Wildman–Crippen LogP) is 3.58. The summed E-state index contributed by atoms with van der Waals surface area (Å²) in [4.78, 5) is 21.7. The minimum Gasteiger partial charge on any atom is -0.365 e. The first kappa shape index (κ1) is 20.8. The van der Waals surface area contributed by atoms with Gasteiger partial charge >= 0.3 is 6.18 Å². The van der Waals surface area contributed by atoms with Crippen LogP contribution in [0.1, 0.15) is 11.1 Å². The number of piperazine rings is 1. The number of nitrogens with zero attached hydrogens (tertiary/aromatic N) is 4. The number of rotatable bonds is 5. The van der Waals surface area contributed by atoms with Crippen molar-refractivity contribution in [2.24, 2.45) is 0 Å². The normalized spacial score (nSPS) is 14.6. The van der Waals surface area contributed by atoms with Gasteiger partial charge in [-0.2, -0.15) is 13.2 Å². The Hall–Kier alpha value is -3.47. The molecule has 0 unspecified atom stereocenters. The third kappa shape index (κ3) is 4.50. The number of nitro groups is 1. The number of nitrogens with one attached hydrogen (secondary N) is 2. The Balaban J connectivity index is 1.62. The first-order chi connectivity index (χ1) is 14.8. The Kier molecular flexibility index (Phi) is 5.59. The Morgan fingerprint density at radius 1 is 1.13 bits per heavy atom. The summed E-state index contributed by atoms with van der Waals surface area (Å²) in [7, 11) is 0. The molecule has 1 saturated heterocycles. The molecule has 0 aliphatic carbocycles. The molecule has 2 aromatic carbocycles. The summed E-state index contributed by atoms with van der Waals surface area (Å²) >= 11 is 0. The third-order valence-electron chi connectivity index (χ3n) is 5.13. The zero-order chi connectivity index (χ0) is 22.0. The second-order valence-corrected chi connectivity index (χ2v) is 7.12. The highest BCUT2D eigenvalue weighted by atomic mass is 19.4. The average molecular weight is 432 g/mol. The first-order valence-corrected chi connectivity index (χ1v) is 9.62. The van der Waals surface area contributed by atoms with Crippen LogP contribution < -0.4 is 15.5 Å². The van der Waals surface area contributed by atoms with Crippen molar-refractivity contribution in [2.75, 3.05) is 36.4 Å². The Morgan fingerprint density at radius 3 is 2.48 bits per heavy atom. The molecule has 0 amide bonds. The molecular formula is C20H19F3N6O2. The highest BCUT2D eigenvalue weighted by Crippen LogP contribution is 2.35. The Labute approximate surface area is 175 Å². The molecule has 0 spiro atoms. The third-order valence-corrected chi connectivity index (χ3v) is 5.13. The fourth-order valence-electron chi connectivity index (χ4n) is 3.52. The van der Waals surface area contributed by atoms with Crippen LogP contribution >= 0.6 is 0 Å². The van der Waals surface area contributed by atoms with Gasteiger partial charge in [-0.1, -0.05) is 12.1 Å². The van der Waals surface area contributed by atoms with Crippen LogP contribution in [-0.4, -0.2) is 41.1 Å². The largest absolute Gasteiger partial charge is 0.416 e. The Bertz CT molecular complexity index is 1100. The van der Waals surface area contributed by atoms with Gasteiger partial charge in [0.25, 0.3) is 5.69 Å². The second kappa shape index (κ2) is 8.34. The maximum absolute atomic E-state index is 12.7. The number of fused-ring (bicyclic) bond motifs is 1. The van der Waals surface area contributed by atoms with Crippen molar-refractivity contribution in [3.05, 3.63) is 64.0 Å². The van der Waals surface area contributed by atoms with Gasteiger partial charge in [-0.25, -0.2) is 9.97 Å². The molecular weight excluding hydrogens is 413 g/mol. The number of anilines is 2. The van der Waals surface area contributed by atoms with Crippen molar-refractivity contribution in [2.45, 2.75) is 12.7 Å². The highest BCUT2D eigenvalue weighted by molar-refractivity contribution is 5.94. The molecule has 11 heteroatoms. The van der Waals surface area contributed by atoms with Crippen LogP contribution in [0.2, 0.25) is 0 Å². The van der Waals surface area contributed by atoms with E-state index in [0.29, 0.717) is 41.1 Å². The van der Waals surface area contributed by atoms with E-state index in [4.69, 9.17) is 0 Å². The molecule has 0 radical (unpaired) electrons. The minimum atomic E-state index is -4.39. The van der Waals surface area contributed by atoms with E-state index in [0.717, 1.165) is 25.2 Å². The summed E-state index contributed by atoms with van der Waals surface area (Å²) in [6.07, 6.45) is -3.04. The monoisotopic (exact) mass is 432 g/mol. The molecule has 3 aromatic rings. The van der Waals surface area contributed by atoms with Gasteiger partial charge in [0, 0.05) is 44.2 Å². The van der Waals surface area contributed by atoms with Crippen LogP contribution in [0, 0.1) is 10.1 Å². The molecule has 1 aliphatic heterocycles. The lowest BCUT2D eigenvalue weighted by molar-refractivity contribution is -0.384. The van der Waals surface area contributed by atoms with Gasteiger partial charge in [0.15, 0.2) is 0 Å². The predicted molar refractivity (Wildman–Crippen MR) is 110 cm³/mol. The lowest BCUT2D eigenvalue weighted by Crippen LogP contribution is -2.43. The standard InChI is InChI=1S/C20H19F3N6O2/c21-20(22,23)14-3-1-13(2-4-14)11-25-19-15-9-18(29(30)31)17(10-16(15)26-12-27-19)28-7-5-24-6-8-28/h1-4,9-10,12,24H,5-8,11H2,(H,25,26,27). The van der Waals surface area contributed by atoms with E-state index in [2.05, 4.69) is 20.6 Å². The fourth-order valence-corrected chi connectivity index (χ4v) is 3.52. The number of alkyl halides is 3. The summed E-state index contributed by atoms with van der Waals surface area (Å²) in [5, 5.41) is 18.5. The number of halogens is 3. The molecule has 1 aliphatic rings.